The summed E-state index contributed by atoms with van der Waals surface area (Å²) in [5.41, 5.74) is 2.43. The summed E-state index contributed by atoms with van der Waals surface area (Å²) in [4.78, 5) is 0. The standard InChI is InChI=1S/C24H29BrO2/c1-19-23(25)11-7-12-24(19)27-22-15-13-20(14-16-22)8-5-6-17-26-18-21-9-3-2-4-10-21/h2-5,7-12,20,22H,6,13-18H2,1H3/b8-5+/t20-,22-. The van der Waals surface area contributed by atoms with Crippen molar-refractivity contribution >= 4 is 15.9 Å². The second kappa shape index (κ2) is 10.7. The van der Waals surface area contributed by atoms with Gasteiger partial charge in [0.25, 0.3) is 0 Å². The van der Waals surface area contributed by atoms with Crippen LogP contribution < -0.4 is 4.74 Å². The number of halogens is 1. The van der Waals surface area contributed by atoms with Crippen LogP contribution in [0.15, 0.2) is 65.2 Å². The van der Waals surface area contributed by atoms with Gasteiger partial charge in [0.2, 0.25) is 0 Å². The Hall–Kier alpha value is -1.58. The summed E-state index contributed by atoms with van der Waals surface area (Å²) in [5, 5.41) is 0. The fourth-order valence-corrected chi connectivity index (χ4v) is 3.85. The Bertz CT molecular complexity index is 718. The molecule has 0 amide bonds. The molecule has 1 aliphatic rings. The van der Waals surface area contributed by atoms with Gasteiger partial charge in [0.05, 0.1) is 19.3 Å². The smallest absolute Gasteiger partial charge is 0.123 e. The maximum Gasteiger partial charge on any atom is 0.123 e. The molecule has 0 N–H and O–H groups in total. The van der Waals surface area contributed by atoms with Crippen LogP contribution in [0.2, 0.25) is 0 Å². The van der Waals surface area contributed by atoms with E-state index in [1.165, 1.54) is 24.0 Å². The molecule has 1 saturated carbocycles. The SMILES string of the molecule is Cc1c(Br)cccc1O[C@H]1CC[C@H](/C=C/CCOCc2ccccc2)CC1. The topological polar surface area (TPSA) is 18.5 Å². The maximum absolute atomic E-state index is 6.24. The van der Waals surface area contributed by atoms with Crippen molar-refractivity contribution in [3.05, 3.63) is 76.3 Å². The van der Waals surface area contributed by atoms with Gasteiger partial charge < -0.3 is 9.47 Å². The Labute approximate surface area is 171 Å². The molecule has 0 spiro atoms. The third-order valence-electron chi connectivity index (χ3n) is 5.18. The Morgan fingerprint density at radius 2 is 1.78 bits per heavy atom. The van der Waals surface area contributed by atoms with Crippen LogP contribution in [0, 0.1) is 12.8 Å². The van der Waals surface area contributed by atoms with Crippen molar-refractivity contribution in [2.24, 2.45) is 5.92 Å². The van der Waals surface area contributed by atoms with Crippen LogP contribution >= 0.6 is 15.9 Å². The zero-order valence-corrected chi connectivity index (χ0v) is 17.7. The third kappa shape index (κ3) is 6.51. The molecule has 27 heavy (non-hydrogen) atoms. The van der Waals surface area contributed by atoms with Gasteiger partial charge in [-0.15, -0.1) is 0 Å². The molecule has 0 radical (unpaired) electrons. The van der Waals surface area contributed by atoms with Gasteiger partial charge in [-0.25, -0.2) is 0 Å². The van der Waals surface area contributed by atoms with Gasteiger partial charge in [0.1, 0.15) is 5.75 Å². The molecule has 0 aliphatic heterocycles. The molecule has 3 rings (SSSR count). The number of ether oxygens (including phenoxy) is 2. The molecule has 2 aromatic carbocycles. The number of hydrogen-bond donors (Lipinski definition) is 0. The lowest BCUT2D eigenvalue weighted by molar-refractivity contribution is 0.125. The molecule has 2 nitrogen and oxygen atoms in total. The third-order valence-corrected chi connectivity index (χ3v) is 6.04. The molecular weight excluding hydrogens is 400 g/mol. The second-order valence-electron chi connectivity index (χ2n) is 7.27. The van der Waals surface area contributed by atoms with Gasteiger partial charge in [-0.05, 0) is 62.6 Å². The van der Waals surface area contributed by atoms with Crippen molar-refractivity contribution < 1.29 is 9.47 Å². The van der Waals surface area contributed by atoms with Crippen LogP contribution in [0.3, 0.4) is 0 Å². The number of allylic oxidation sites excluding steroid dienone is 1. The predicted molar refractivity (Wildman–Crippen MR) is 115 cm³/mol. The van der Waals surface area contributed by atoms with Crippen molar-refractivity contribution in [1.29, 1.82) is 0 Å². The largest absolute Gasteiger partial charge is 0.490 e. The lowest BCUT2D eigenvalue weighted by Crippen LogP contribution is -2.23. The average molecular weight is 429 g/mol. The Morgan fingerprint density at radius 1 is 1.00 bits per heavy atom. The van der Waals surface area contributed by atoms with Crippen LogP contribution in [-0.2, 0) is 11.3 Å². The minimum absolute atomic E-state index is 0.344. The summed E-state index contributed by atoms with van der Waals surface area (Å²) in [7, 11) is 0. The molecule has 0 unspecified atom stereocenters. The van der Waals surface area contributed by atoms with Crippen molar-refractivity contribution in [2.45, 2.75) is 51.7 Å². The first-order chi connectivity index (χ1) is 13.2. The number of benzene rings is 2. The first-order valence-corrected chi connectivity index (χ1v) is 10.7. The monoisotopic (exact) mass is 428 g/mol. The van der Waals surface area contributed by atoms with Gasteiger partial charge in [0.15, 0.2) is 0 Å². The summed E-state index contributed by atoms with van der Waals surface area (Å²) < 4.78 is 13.1. The van der Waals surface area contributed by atoms with Gasteiger partial charge in [-0.2, -0.15) is 0 Å². The van der Waals surface area contributed by atoms with Gasteiger partial charge >= 0.3 is 0 Å². The maximum atomic E-state index is 6.24. The first-order valence-electron chi connectivity index (χ1n) is 9.92. The Balaban J connectivity index is 1.32. The normalized spacial score (nSPS) is 20.1. The Kier molecular flexibility index (Phi) is 7.97. The molecule has 0 atom stereocenters. The van der Waals surface area contributed by atoms with Crippen molar-refractivity contribution in [3.8, 4) is 5.75 Å². The van der Waals surface area contributed by atoms with Gasteiger partial charge in [-0.3, -0.25) is 0 Å². The molecule has 2 aromatic rings. The van der Waals surface area contributed by atoms with E-state index in [0.717, 1.165) is 36.1 Å². The van der Waals surface area contributed by atoms with Crippen LogP contribution in [0.1, 0.15) is 43.2 Å². The molecule has 1 aliphatic carbocycles. The van der Waals surface area contributed by atoms with E-state index < -0.39 is 0 Å². The Morgan fingerprint density at radius 3 is 2.56 bits per heavy atom. The summed E-state index contributed by atoms with van der Waals surface area (Å²) in [5.74, 6) is 1.70. The molecule has 0 saturated heterocycles. The van der Waals surface area contributed by atoms with Crippen molar-refractivity contribution in [1.82, 2.24) is 0 Å². The lowest BCUT2D eigenvalue weighted by atomic mass is 9.87. The second-order valence-corrected chi connectivity index (χ2v) is 8.13. The van der Waals surface area contributed by atoms with Crippen LogP contribution in [0.25, 0.3) is 0 Å². The molecule has 3 heteroatoms. The highest BCUT2D eigenvalue weighted by Crippen LogP contribution is 2.31. The zero-order valence-electron chi connectivity index (χ0n) is 16.1. The quantitative estimate of drug-likeness (QED) is 0.337. The van der Waals surface area contributed by atoms with E-state index >= 15 is 0 Å². The highest BCUT2D eigenvalue weighted by atomic mass is 79.9. The summed E-state index contributed by atoms with van der Waals surface area (Å²) in [6, 6.07) is 16.5. The van der Waals surface area contributed by atoms with Crippen molar-refractivity contribution in [3.63, 3.8) is 0 Å². The molecule has 1 fully saturated rings. The summed E-state index contributed by atoms with van der Waals surface area (Å²) in [6.07, 6.45) is 10.7. The lowest BCUT2D eigenvalue weighted by Gasteiger charge is -2.28. The predicted octanol–water partition coefficient (Wildman–Crippen LogP) is 6.86. The molecular formula is C24H29BrO2. The van der Waals surface area contributed by atoms with E-state index in [1.54, 1.807) is 0 Å². The van der Waals surface area contributed by atoms with Crippen molar-refractivity contribution in [2.75, 3.05) is 6.61 Å². The van der Waals surface area contributed by atoms with Crippen LogP contribution in [0.4, 0.5) is 0 Å². The first kappa shape index (κ1) is 20.2. The van der Waals surface area contributed by atoms with E-state index in [-0.39, 0.29) is 0 Å². The van der Waals surface area contributed by atoms with Gasteiger partial charge in [0, 0.05) is 10.0 Å². The van der Waals surface area contributed by atoms with Crippen LogP contribution in [0.5, 0.6) is 5.75 Å². The fourth-order valence-electron chi connectivity index (χ4n) is 3.50. The number of rotatable bonds is 8. The molecule has 144 valence electrons. The molecule has 0 heterocycles. The minimum atomic E-state index is 0.344. The van der Waals surface area contributed by atoms with E-state index in [2.05, 4.69) is 71.4 Å². The van der Waals surface area contributed by atoms with Crippen LogP contribution in [-0.4, -0.2) is 12.7 Å². The average Bonchev–Trinajstić information content (AvgIpc) is 2.70. The van der Waals surface area contributed by atoms with E-state index in [1.807, 2.05) is 12.1 Å². The van der Waals surface area contributed by atoms with E-state index in [4.69, 9.17) is 9.47 Å². The molecule has 0 aromatic heterocycles. The highest BCUT2D eigenvalue weighted by Gasteiger charge is 2.21. The zero-order chi connectivity index (χ0) is 18.9. The number of hydrogen-bond acceptors (Lipinski definition) is 2. The highest BCUT2D eigenvalue weighted by molar-refractivity contribution is 9.10. The molecule has 0 bridgehead atoms. The summed E-state index contributed by atoms with van der Waals surface area (Å²) >= 11 is 3.58. The fraction of sp³-hybridized carbons (Fsp3) is 0.417. The summed E-state index contributed by atoms with van der Waals surface area (Å²) in [6.45, 7) is 3.59. The minimum Gasteiger partial charge on any atom is -0.490 e. The van der Waals surface area contributed by atoms with E-state index in [0.29, 0.717) is 18.6 Å². The van der Waals surface area contributed by atoms with E-state index in [9.17, 15) is 0 Å². The van der Waals surface area contributed by atoms with Gasteiger partial charge in [-0.1, -0.05) is 64.5 Å².